The van der Waals surface area contributed by atoms with E-state index in [0.717, 1.165) is 30.4 Å². The van der Waals surface area contributed by atoms with Crippen molar-refractivity contribution in [1.29, 1.82) is 0 Å². The molecule has 19 heavy (non-hydrogen) atoms. The lowest BCUT2D eigenvalue weighted by Gasteiger charge is -2.31. The fourth-order valence-corrected chi connectivity index (χ4v) is 2.57. The summed E-state index contributed by atoms with van der Waals surface area (Å²) in [6.45, 7) is 5.95. The first-order valence-electron chi connectivity index (χ1n) is 7.09. The molecule has 4 nitrogen and oxygen atoms in total. The third-order valence-electron chi connectivity index (χ3n) is 3.82. The van der Waals surface area contributed by atoms with Crippen molar-refractivity contribution in [2.75, 3.05) is 46.4 Å². The lowest BCUT2D eigenvalue weighted by molar-refractivity contribution is 0.171. The van der Waals surface area contributed by atoms with Gasteiger partial charge < -0.3 is 19.7 Å². The topological polar surface area (TPSA) is 33.7 Å². The van der Waals surface area contributed by atoms with E-state index in [4.69, 9.17) is 9.47 Å². The molecule has 0 atom stereocenters. The molecule has 1 N–H and O–H groups in total. The minimum Gasteiger partial charge on any atom is -0.486 e. The number of ether oxygens (including phenoxy) is 2. The van der Waals surface area contributed by atoms with Crippen LogP contribution in [0.25, 0.3) is 0 Å². The number of benzene rings is 1. The van der Waals surface area contributed by atoms with Crippen molar-refractivity contribution in [2.45, 2.75) is 6.42 Å². The minimum absolute atomic E-state index is 0.657. The summed E-state index contributed by atoms with van der Waals surface area (Å²) in [4.78, 5) is 2.42. The summed E-state index contributed by atoms with van der Waals surface area (Å²) in [6.07, 6.45) is 1.06. The van der Waals surface area contributed by atoms with E-state index in [2.05, 4.69) is 29.4 Å². The minimum atomic E-state index is 0.657. The molecule has 0 amide bonds. The Morgan fingerprint density at radius 3 is 2.74 bits per heavy atom. The number of hydrogen-bond donors (Lipinski definition) is 1. The Morgan fingerprint density at radius 2 is 2.00 bits per heavy atom. The average Bonchev–Trinajstić information content (AvgIpc) is 2.40. The summed E-state index contributed by atoms with van der Waals surface area (Å²) in [6, 6.07) is 6.29. The van der Waals surface area contributed by atoms with E-state index in [1.807, 2.05) is 6.07 Å². The molecular formula is C15H22N2O2. The van der Waals surface area contributed by atoms with Crippen LogP contribution in [-0.2, 0) is 6.42 Å². The molecular weight excluding hydrogens is 240 g/mol. The molecule has 0 aliphatic carbocycles. The molecule has 1 aromatic carbocycles. The van der Waals surface area contributed by atoms with Gasteiger partial charge in [0, 0.05) is 26.2 Å². The molecule has 2 aliphatic rings. The highest BCUT2D eigenvalue weighted by atomic mass is 16.6. The Hall–Kier alpha value is -1.26. The average molecular weight is 262 g/mol. The maximum atomic E-state index is 5.62. The highest BCUT2D eigenvalue weighted by molar-refractivity contribution is 5.43. The quantitative estimate of drug-likeness (QED) is 0.863. The molecule has 0 bridgehead atoms. The fourth-order valence-electron chi connectivity index (χ4n) is 2.57. The van der Waals surface area contributed by atoms with Crippen LogP contribution in [-0.4, -0.2) is 51.3 Å². The predicted octanol–water partition coefficient (Wildman–Crippen LogP) is 1.15. The van der Waals surface area contributed by atoms with Crippen molar-refractivity contribution in [1.82, 2.24) is 10.2 Å². The summed E-state index contributed by atoms with van der Waals surface area (Å²) < 4.78 is 11.2. The molecule has 1 fully saturated rings. The second kappa shape index (κ2) is 5.80. The van der Waals surface area contributed by atoms with E-state index in [-0.39, 0.29) is 0 Å². The van der Waals surface area contributed by atoms with Crippen molar-refractivity contribution < 1.29 is 9.47 Å². The number of fused-ring (bicyclic) bond motifs is 1. The van der Waals surface area contributed by atoms with Crippen LogP contribution in [0.5, 0.6) is 11.5 Å². The van der Waals surface area contributed by atoms with Crippen LogP contribution in [0.15, 0.2) is 18.2 Å². The van der Waals surface area contributed by atoms with Gasteiger partial charge in [-0.15, -0.1) is 0 Å². The van der Waals surface area contributed by atoms with Gasteiger partial charge >= 0.3 is 0 Å². The SMILES string of the molecule is CN(CCc1ccc2c(c1)OCCO2)CC1CNC1. The van der Waals surface area contributed by atoms with E-state index in [0.29, 0.717) is 13.2 Å². The van der Waals surface area contributed by atoms with Crippen molar-refractivity contribution in [3.05, 3.63) is 23.8 Å². The van der Waals surface area contributed by atoms with Gasteiger partial charge in [-0.1, -0.05) is 6.07 Å². The molecule has 104 valence electrons. The number of rotatable bonds is 5. The Labute approximate surface area is 114 Å². The van der Waals surface area contributed by atoms with Crippen molar-refractivity contribution in [2.24, 2.45) is 5.92 Å². The molecule has 0 saturated carbocycles. The van der Waals surface area contributed by atoms with E-state index in [1.54, 1.807) is 0 Å². The Kier molecular flexibility index (Phi) is 3.89. The fraction of sp³-hybridized carbons (Fsp3) is 0.600. The third-order valence-corrected chi connectivity index (χ3v) is 3.82. The van der Waals surface area contributed by atoms with E-state index in [9.17, 15) is 0 Å². The van der Waals surface area contributed by atoms with Gasteiger partial charge in [0.1, 0.15) is 13.2 Å². The molecule has 0 aromatic heterocycles. The zero-order valence-corrected chi connectivity index (χ0v) is 11.5. The summed E-state index contributed by atoms with van der Waals surface area (Å²) in [5.74, 6) is 2.61. The van der Waals surface area contributed by atoms with Gasteiger partial charge in [-0.05, 0) is 37.1 Å². The van der Waals surface area contributed by atoms with Gasteiger partial charge in [0.25, 0.3) is 0 Å². The highest BCUT2D eigenvalue weighted by Crippen LogP contribution is 2.30. The Balaban J connectivity index is 1.51. The zero-order chi connectivity index (χ0) is 13.1. The molecule has 1 aromatic rings. The molecule has 2 heterocycles. The van der Waals surface area contributed by atoms with Crippen LogP contribution in [0.4, 0.5) is 0 Å². The molecule has 4 heteroatoms. The molecule has 0 unspecified atom stereocenters. The maximum Gasteiger partial charge on any atom is 0.161 e. The first-order chi connectivity index (χ1) is 9.31. The molecule has 3 rings (SSSR count). The van der Waals surface area contributed by atoms with E-state index >= 15 is 0 Å². The molecule has 0 radical (unpaired) electrons. The van der Waals surface area contributed by atoms with Crippen LogP contribution < -0.4 is 14.8 Å². The first kappa shape index (κ1) is 12.8. The number of nitrogens with zero attached hydrogens (tertiary/aromatic N) is 1. The van der Waals surface area contributed by atoms with Crippen LogP contribution in [0.3, 0.4) is 0 Å². The van der Waals surface area contributed by atoms with Crippen LogP contribution in [0.1, 0.15) is 5.56 Å². The van der Waals surface area contributed by atoms with Crippen molar-refractivity contribution in [3.63, 3.8) is 0 Å². The van der Waals surface area contributed by atoms with Gasteiger partial charge in [-0.25, -0.2) is 0 Å². The van der Waals surface area contributed by atoms with Crippen LogP contribution >= 0.6 is 0 Å². The standard InChI is InChI=1S/C15H22N2O2/c1-17(11-13-9-16-10-13)5-4-12-2-3-14-15(8-12)19-7-6-18-14/h2-3,8,13,16H,4-7,9-11H2,1H3. The molecule has 1 saturated heterocycles. The van der Waals surface area contributed by atoms with Gasteiger partial charge in [0.05, 0.1) is 0 Å². The maximum absolute atomic E-state index is 5.62. The lowest BCUT2D eigenvalue weighted by Crippen LogP contribution is -2.47. The Bertz CT molecular complexity index is 432. The van der Waals surface area contributed by atoms with Crippen LogP contribution in [0, 0.1) is 5.92 Å². The Morgan fingerprint density at radius 1 is 1.21 bits per heavy atom. The monoisotopic (exact) mass is 262 g/mol. The van der Waals surface area contributed by atoms with Gasteiger partial charge in [0.2, 0.25) is 0 Å². The van der Waals surface area contributed by atoms with Gasteiger partial charge in [0.15, 0.2) is 11.5 Å². The van der Waals surface area contributed by atoms with Crippen LogP contribution in [0.2, 0.25) is 0 Å². The molecule has 0 spiro atoms. The summed E-state index contributed by atoms with van der Waals surface area (Å²) in [7, 11) is 2.20. The lowest BCUT2D eigenvalue weighted by atomic mass is 10.0. The predicted molar refractivity (Wildman–Crippen MR) is 75.0 cm³/mol. The first-order valence-corrected chi connectivity index (χ1v) is 7.09. The largest absolute Gasteiger partial charge is 0.486 e. The number of hydrogen-bond acceptors (Lipinski definition) is 4. The summed E-state index contributed by atoms with van der Waals surface area (Å²) >= 11 is 0. The van der Waals surface area contributed by atoms with Gasteiger partial charge in [-0.2, -0.15) is 0 Å². The zero-order valence-electron chi connectivity index (χ0n) is 11.5. The van der Waals surface area contributed by atoms with Crippen molar-refractivity contribution >= 4 is 0 Å². The normalized spacial score (nSPS) is 18.4. The summed E-state index contributed by atoms with van der Waals surface area (Å²) in [5.41, 5.74) is 1.32. The number of nitrogens with one attached hydrogen (secondary N) is 1. The molecule has 2 aliphatic heterocycles. The second-order valence-electron chi connectivity index (χ2n) is 5.51. The second-order valence-corrected chi connectivity index (χ2v) is 5.51. The van der Waals surface area contributed by atoms with Gasteiger partial charge in [-0.3, -0.25) is 0 Å². The third kappa shape index (κ3) is 3.19. The highest BCUT2D eigenvalue weighted by Gasteiger charge is 2.18. The van der Waals surface area contributed by atoms with E-state index < -0.39 is 0 Å². The van der Waals surface area contributed by atoms with E-state index in [1.165, 1.54) is 25.2 Å². The summed E-state index contributed by atoms with van der Waals surface area (Å²) in [5, 5.41) is 3.32. The van der Waals surface area contributed by atoms with Crippen molar-refractivity contribution in [3.8, 4) is 11.5 Å². The smallest absolute Gasteiger partial charge is 0.161 e. The number of likely N-dealkylation sites (N-methyl/N-ethyl adjacent to an activating group) is 1.